The largest absolute Gasteiger partial charge is 0.337 e. The quantitative estimate of drug-likeness (QED) is 0.364. The number of aromatic nitrogens is 1. The SMILES string of the molecule is C=NC(Cl)Nc1c(CC(=C)Cl)c(I)cn1C. The second kappa shape index (κ2) is 5.93. The molecular formula is C10H12Cl2IN3. The van der Waals surface area contributed by atoms with Crippen molar-refractivity contribution in [1.82, 2.24) is 4.57 Å². The van der Waals surface area contributed by atoms with Crippen molar-refractivity contribution in [3.8, 4) is 0 Å². The fourth-order valence-corrected chi connectivity index (χ4v) is 2.45. The first kappa shape index (κ1) is 13.9. The van der Waals surface area contributed by atoms with Crippen LogP contribution in [0.25, 0.3) is 0 Å². The van der Waals surface area contributed by atoms with Crippen LogP contribution < -0.4 is 5.32 Å². The number of rotatable bonds is 5. The lowest BCUT2D eigenvalue weighted by Crippen LogP contribution is -2.13. The summed E-state index contributed by atoms with van der Waals surface area (Å²) in [5, 5.41) is 3.64. The van der Waals surface area contributed by atoms with Crippen LogP contribution in [-0.4, -0.2) is 16.9 Å². The Morgan fingerprint density at radius 1 is 1.75 bits per heavy atom. The summed E-state index contributed by atoms with van der Waals surface area (Å²) in [6.07, 6.45) is 2.59. The summed E-state index contributed by atoms with van der Waals surface area (Å²) in [5.74, 6) is 0.888. The first-order valence-corrected chi connectivity index (χ1v) is 6.38. The minimum Gasteiger partial charge on any atom is -0.337 e. The molecule has 0 aliphatic carbocycles. The van der Waals surface area contributed by atoms with Crippen molar-refractivity contribution < 1.29 is 0 Å². The summed E-state index contributed by atoms with van der Waals surface area (Å²) in [7, 11) is 1.93. The zero-order chi connectivity index (χ0) is 12.3. The van der Waals surface area contributed by atoms with E-state index in [2.05, 4.69) is 46.2 Å². The van der Waals surface area contributed by atoms with E-state index in [4.69, 9.17) is 23.2 Å². The Balaban J connectivity index is 3.04. The molecule has 6 heteroatoms. The van der Waals surface area contributed by atoms with Gasteiger partial charge in [-0.1, -0.05) is 29.8 Å². The maximum atomic E-state index is 5.88. The van der Waals surface area contributed by atoms with E-state index in [1.165, 1.54) is 0 Å². The highest BCUT2D eigenvalue weighted by molar-refractivity contribution is 14.1. The summed E-state index contributed by atoms with van der Waals surface area (Å²) in [6, 6.07) is 0. The molecule has 88 valence electrons. The third-order valence-electron chi connectivity index (χ3n) is 2.02. The predicted molar refractivity (Wildman–Crippen MR) is 79.6 cm³/mol. The predicted octanol–water partition coefficient (Wildman–Crippen LogP) is 3.56. The molecule has 1 rings (SSSR count). The lowest BCUT2D eigenvalue weighted by molar-refractivity contribution is 0.897. The molecule has 0 aliphatic rings. The van der Waals surface area contributed by atoms with Crippen LogP contribution in [-0.2, 0) is 13.5 Å². The molecule has 1 N–H and O–H groups in total. The van der Waals surface area contributed by atoms with Crippen molar-refractivity contribution in [2.45, 2.75) is 12.0 Å². The maximum Gasteiger partial charge on any atom is 0.195 e. The molecule has 1 atom stereocenters. The number of halogens is 3. The van der Waals surface area contributed by atoms with E-state index < -0.39 is 5.62 Å². The van der Waals surface area contributed by atoms with E-state index in [1.54, 1.807) is 0 Å². The highest BCUT2D eigenvalue weighted by atomic mass is 127. The van der Waals surface area contributed by atoms with Crippen LogP contribution in [0.15, 0.2) is 22.8 Å². The van der Waals surface area contributed by atoms with Gasteiger partial charge in [-0.05, 0) is 29.3 Å². The van der Waals surface area contributed by atoms with Gasteiger partial charge in [0.15, 0.2) is 5.62 Å². The van der Waals surface area contributed by atoms with Gasteiger partial charge in [-0.2, -0.15) is 0 Å². The van der Waals surface area contributed by atoms with Crippen LogP contribution in [0.4, 0.5) is 5.82 Å². The normalized spacial score (nSPS) is 12.2. The second-order valence-electron chi connectivity index (χ2n) is 3.27. The molecule has 1 unspecified atom stereocenters. The van der Waals surface area contributed by atoms with Gasteiger partial charge in [-0.15, -0.1) is 0 Å². The molecule has 0 radical (unpaired) electrons. The van der Waals surface area contributed by atoms with E-state index in [9.17, 15) is 0 Å². The molecule has 0 spiro atoms. The summed E-state index contributed by atoms with van der Waals surface area (Å²) < 4.78 is 3.05. The lowest BCUT2D eigenvalue weighted by Gasteiger charge is -2.12. The van der Waals surface area contributed by atoms with Crippen LogP contribution in [0.5, 0.6) is 0 Å². The zero-order valence-corrected chi connectivity index (χ0v) is 12.5. The van der Waals surface area contributed by atoms with Crippen molar-refractivity contribution in [3.63, 3.8) is 0 Å². The van der Waals surface area contributed by atoms with E-state index in [0.717, 1.165) is 15.0 Å². The van der Waals surface area contributed by atoms with E-state index in [1.807, 2.05) is 17.8 Å². The van der Waals surface area contributed by atoms with Gasteiger partial charge in [0.2, 0.25) is 0 Å². The van der Waals surface area contributed by atoms with Gasteiger partial charge < -0.3 is 9.88 Å². The van der Waals surface area contributed by atoms with Crippen molar-refractivity contribution in [3.05, 3.63) is 26.9 Å². The van der Waals surface area contributed by atoms with Crippen molar-refractivity contribution >= 4 is 58.3 Å². The van der Waals surface area contributed by atoms with Gasteiger partial charge in [0.25, 0.3) is 0 Å². The number of nitrogens with zero attached hydrogens (tertiary/aromatic N) is 2. The van der Waals surface area contributed by atoms with Crippen LogP contribution in [0.2, 0.25) is 0 Å². The number of anilines is 1. The number of aliphatic imine (C=N–C) groups is 1. The minimum absolute atomic E-state index is 0.549. The number of nitrogens with one attached hydrogen (secondary N) is 1. The smallest absolute Gasteiger partial charge is 0.195 e. The lowest BCUT2D eigenvalue weighted by atomic mass is 10.2. The van der Waals surface area contributed by atoms with Crippen LogP contribution in [0.3, 0.4) is 0 Å². The topological polar surface area (TPSA) is 29.3 Å². The summed E-state index contributed by atoms with van der Waals surface area (Å²) in [5.41, 5.74) is 0.518. The molecule has 1 aromatic heterocycles. The number of hydrogen-bond donors (Lipinski definition) is 1. The number of hydrogen-bond acceptors (Lipinski definition) is 2. The molecule has 1 heterocycles. The molecule has 16 heavy (non-hydrogen) atoms. The standard InChI is InChI=1S/C10H12Cl2IN3/c1-6(11)4-7-8(13)5-16(3)9(7)15-10(12)14-2/h5,10,15H,1-2,4H2,3H3. The Kier molecular flexibility index (Phi) is 5.14. The molecule has 0 aliphatic heterocycles. The highest BCUT2D eigenvalue weighted by Crippen LogP contribution is 2.27. The summed E-state index contributed by atoms with van der Waals surface area (Å²) in [6.45, 7) is 7.08. The Morgan fingerprint density at radius 2 is 2.38 bits per heavy atom. The zero-order valence-electron chi connectivity index (χ0n) is 8.80. The second-order valence-corrected chi connectivity index (χ2v) is 5.38. The first-order chi connectivity index (χ1) is 7.45. The van der Waals surface area contributed by atoms with Crippen LogP contribution in [0.1, 0.15) is 5.56 Å². The van der Waals surface area contributed by atoms with Crippen molar-refractivity contribution in [2.75, 3.05) is 5.32 Å². The fourth-order valence-electron chi connectivity index (χ4n) is 1.35. The summed E-state index contributed by atoms with van der Waals surface area (Å²) >= 11 is 14.0. The number of aryl methyl sites for hydroxylation is 1. The number of allylic oxidation sites excluding steroid dienone is 1. The molecule has 0 fully saturated rings. The number of alkyl halides is 1. The first-order valence-electron chi connectivity index (χ1n) is 4.49. The van der Waals surface area contributed by atoms with E-state index in [0.29, 0.717) is 11.5 Å². The minimum atomic E-state index is -0.549. The van der Waals surface area contributed by atoms with Gasteiger partial charge >= 0.3 is 0 Å². The van der Waals surface area contributed by atoms with Crippen LogP contribution in [0, 0.1) is 3.57 Å². The third-order valence-corrected chi connectivity index (χ3v) is 3.33. The average molecular weight is 372 g/mol. The maximum absolute atomic E-state index is 5.88. The molecule has 0 saturated carbocycles. The average Bonchev–Trinajstić information content (AvgIpc) is 2.44. The Morgan fingerprint density at radius 3 is 2.88 bits per heavy atom. The Labute approximate surface area is 119 Å². The monoisotopic (exact) mass is 371 g/mol. The van der Waals surface area contributed by atoms with Gasteiger partial charge in [-0.25, -0.2) is 0 Å². The third kappa shape index (κ3) is 3.40. The van der Waals surface area contributed by atoms with Gasteiger partial charge in [-0.3, -0.25) is 4.99 Å². The van der Waals surface area contributed by atoms with Crippen LogP contribution >= 0.6 is 45.8 Å². The Bertz CT molecular complexity index is 414. The van der Waals surface area contributed by atoms with Gasteiger partial charge in [0.05, 0.1) is 0 Å². The molecular weight excluding hydrogens is 360 g/mol. The van der Waals surface area contributed by atoms with E-state index in [-0.39, 0.29) is 0 Å². The molecule has 3 nitrogen and oxygen atoms in total. The Hall–Kier alpha value is -0.200. The van der Waals surface area contributed by atoms with Crippen molar-refractivity contribution in [1.29, 1.82) is 0 Å². The molecule has 1 aromatic rings. The van der Waals surface area contributed by atoms with Gasteiger partial charge in [0, 0.05) is 33.8 Å². The molecule has 0 amide bonds. The van der Waals surface area contributed by atoms with E-state index >= 15 is 0 Å². The summed E-state index contributed by atoms with van der Waals surface area (Å²) in [4.78, 5) is 3.69. The van der Waals surface area contributed by atoms with Crippen molar-refractivity contribution in [2.24, 2.45) is 12.0 Å². The van der Waals surface area contributed by atoms with Gasteiger partial charge in [0.1, 0.15) is 5.82 Å². The highest BCUT2D eigenvalue weighted by Gasteiger charge is 2.14. The molecule has 0 saturated heterocycles. The molecule has 0 aromatic carbocycles. The fraction of sp³-hybridized carbons (Fsp3) is 0.300. The molecule has 0 bridgehead atoms.